The molecule has 0 radical (unpaired) electrons. The van der Waals surface area contributed by atoms with Crippen molar-refractivity contribution in [1.29, 1.82) is 0 Å². The monoisotopic (exact) mass is 225 g/mol. The topological polar surface area (TPSA) is 35.2 Å². The van der Waals surface area contributed by atoms with Gasteiger partial charge in [-0.3, -0.25) is 0 Å². The molecule has 1 atom stereocenters. The molecule has 2 N–H and O–H groups in total. The third-order valence-electron chi connectivity index (χ3n) is 2.11. The lowest BCUT2D eigenvalue weighted by atomic mass is 10.0. The molecule has 0 bridgehead atoms. The number of benzene rings is 1. The quantitative estimate of drug-likeness (QED) is 0.782. The summed E-state index contributed by atoms with van der Waals surface area (Å²) >= 11 is 0. The first-order valence-corrected chi connectivity index (χ1v) is 4.87. The Labute approximate surface area is 93.4 Å². The number of halogens is 2. The molecule has 0 aromatic heterocycles. The molecule has 0 heterocycles. The lowest BCUT2D eigenvalue weighted by Crippen LogP contribution is -2.10. The van der Waals surface area contributed by atoms with Gasteiger partial charge in [0.05, 0.1) is 0 Å². The van der Waals surface area contributed by atoms with E-state index in [1.54, 1.807) is 12.1 Å². The molecule has 1 aromatic rings. The van der Waals surface area contributed by atoms with Gasteiger partial charge >= 0.3 is 6.61 Å². The van der Waals surface area contributed by atoms with Crippen molar-refractivity contribution in [3.63, 3.8) is 0 Å². The van der Waals surface area contributed by atoms with Crippen molar-refractivity contribution in [1.82, 2.24) is 0 Å². The first-order valence-electron chi connectivity index (χ1n) is 4.87. The average molecular weight is 225 g/mol. The van der Waals surface area contributed by atoms with Gasteiger partial charge in [0.2, 0.25) is 0 Å². The van der Waals surface area contributed by atoms with Gasteiger partial charge in [-0.1, -0.05) is 12.1 Å². The molecule has 0 saturated carbocycles. The summed E-state index contributed by atoms with van der Waals surface area (Å²) in [6, 6.07) is 6.11. The van der Waals surface area contributed by atoms with Crippen LogP contribution in [0.15, 0.2) is 24.3 Å². The van der Waals surface area contributed by atoms with Crippen molar-refractivity contribution in [2.75, 3.05) is 0 Å². The van der Waals surface area contributed by atoms with Crippen LogP contribution in [0.3, 0.4) is 0 Å². The minimum Gasteiger partial charge on any atom is -0.435 e. The number of nitrogens with two attached hydrogens (primary N) is 1. The molecule has 0 aliphatic rings. The highest BCUT2D eigenvalue weighted by molar-refractivity contribution is 5.30. The van der Waals surface area contributed by atoms with E-state index in [4.69, 9.17) is 12.2 Å². The van der Waals surface area contributed by atoms with Crippen LogP contribution in [-0.2, 0) is 0 Å². The van der Waals surface area contributed by atoms with Gasteiger partial charge < -0.3 is 10.5 Å². The van der Waals surface area contributed by atoms with Crippen LogP contribution in [0.25, 0.3) is 0 Å². The SMILES string of the molecule is C#CCCC(N)c1cccc(OC(F)F)c1. The Morgan fingerprint density at radius 2 is 2.19 bits per heavy atom. The highest BCUT2D eigenvalue weighted by Crippen LogP contribution is 2.21. The zero-order valence-electron chi connectivity index (χ0n) is 8.70. The van der Waals surface area contributed by atoms with Crippen LogP contribution in [-0.4, -0.2) is 6.61 Å². The molecule has 0 spiro atoms. The Kier molecular flexibility index (Phi) is 4.74. The Bertz CT molecular complexity index is 374. The standard InChI is InChI=1S/C12H13F2NO/c1-2-3-7-11(15)9-5-4-6-10(8-9)16-12(13)14/h1,4-6,8,11-12H,3,7,15H2. The molecule has 0 aliphatic carbocycles. The summed E-state index contributed by atoms with van der Waals surface area (Å²) in [6.07, 6.45) is 6.30. The smallest absolute Gasteiger partial charge is 0.387 e. The lowest BCUT2D eigenvalue weighted by Gasteiger charge is -2.12. The summed E-state index contributed by atoms with van der Waals surface area (Å²) in [6.45, 7) is -2.82. The van der Waals surface area contributed by atoms with E-state index >= 15 is 0 Å². The van der Waals surface area contributed by atoms with Crippen molar-refractivity contribution < 1.29 is 13.5 Å². The van der Waals surface area contributed by atoms with Crippen LogP contribution in [0.4, 0.5) is 8.78 Å². The normalized spacial score (nSPS) is 12.2. The summed E-state index contributed by atoms with van der Waals surface area (Å²) in [4.78, 5) is 0. The first-order chi connectivity index (χ1) is 7.63. The molecule has 2 nitrogen and oxygen atoms in total. The second-order valence-electron chi connectivity index (χ2n) is 3.30. The maximum Gasteiger partial charge on any atom is 0.387 e. The van der Waals surface area contributed by atoms with Crippen molar-refractivity contribution in [3.8, 4) is 18.1 Å². The maximum atomic E-state index is 12.0. The predicted molar refractivity (Wildman–Crippen MR) is 58.1 cm³/mol. The van der Waals surface area contributed by atoms with E-state index in [0.29, 0.717) is 12.8 Å². The van der Waals surface area contributed by atoms with Crippen LogP contribution >= 0.6 is 0 Å². The van der Waals surface area contributed by atoms with Gasteiger partial charge in [0.15, 0.2) is 0 Å². The van der Waals surface area contributed by atoms with E-state index in [0.717, 1.165) is 5.56 Å². The molecule has 4 heteroatoms. The third-order valence-corrected chi connectivity index (χ3v) is 2.11. The second kappa shape index (κ2) is 6.09. The highest BCUT2D eigenvalue weighted by atomic mass is 19.3. The summed E-state index contributed by atoms with van der Waals surface area (Å²) in [5, 5.41) is 0. The Hall–Kier alpha value is -1.60. The van der Waals surface area contributed by atoms with E-state index in [1.165, 1.54) is 12.1 Å². The van der Waals surface area contributed by atoms with E-state index in [9.17, 15) is 8.78 Å². The molecular weight excluding hydrogens is 212 g/mol. The van der Waals surface area contributed by atoms with Crippen LogP contribution in [0, 0.1) is 12.3 Å². The molecule has 16 heavy (non-hydrogen) atoms. The van der Waals surface area contributed by atoms with Crippen molar-refractivity contribution in [2.45, 2.75) is 25.5 Å². The van der Waals surface area contributed by atoms with Crippen LogP contribution in [0.1, 0.15) is 24.4 Å². The molecular formula is C12H13F2NO. The largest absolute Gasteiger partial charge is 0.435 e. The van der Waals surface area contributed by atoms with Gasteiger partial charge in [-0.25, -0.2) is 0 Å². The maximum absolute atomic E-state index is 12.0. The Morgan fingerprint density at radius 1 is 1.44 bits per heavy atom. The van der Waals surface area contributed by atoms with Crippen LogP contribution in [0.2, 0.25) is 0 Å². The average Bonchev–Trinajstić information content (AvgIpc) is 2.25. The summed E-state index contributed by atoms with van der Waals surface area (Å²) in [5.74, 6) is 2.60. The molecule has 1 rings (SSSR count). The lowest BCUT2D eigenvalue weighted by molar-refractivity contribution is -0.0498. The number of terminal acetylenes is 1. The summed E-state index contributed by atoms with van der Waals surface area (Å²) in [7, 11) is 0. The molecule has 1 unspecified atom stereocenters. The summed E-state index contributed by atoms with van der Waals surface area (Å²) in [5.41, 5.74) is 6.59. The first kappa shape index (κ1) is 12.5. The van der Waals surface area contributed by atoms with Gasteiger partial charge in [-0.2, -0.15) is 8.78 Å². The van der Waals surface area contributed by atoms with Gasteiger partial charge in [0.25, 0.3) is 0 Å². The number of hydrogen-bond donors (Lipinski definition) is 1. The van der Waals surface area contributed by atoms with Crippen molar-refractivity contribution in [2.24, 2.45) is 5.73 Å². The fourth-order valence-electron chi connectivity index (χ4n) is 1.33. The second-order valence-corrected chi connectivity index (χ2v) is 3.30. The van der Waals surface area contributed by atoms with Gasteiger partial charge in [-0.05, 0) is 24.1 Å². The Morgan fingerprint density at radius 3 is 2.81 bits per heavy atom. The molecule has 0 aliphatic heterocycles. The predicted octanol–water partition coefficient (Wildman–Crippen LogP) is 2.70. The van der Waals surface area contributed by atoms with Crippen LogP contribution < -0.4 is 10.5 Å². The van der Waals surface area contributed by atoms with Crippen molar-refractivity contribution >= 4 is 0 Å². The number of rotatable bonds is 5. The fraction of sp³-hybridized carbons (Fsp3) is 0.333. The van der Waals surface area contributed by atoms with Gasteiger partial charge in [0.1, 0.15) is 5.75 Å². The van der Waals surface area contributed by atoms with E-state index in [2.05, 4.69) is 10.7 Å². The van der Waals surface area contributed by atoms with E-state index in [1.807, 2.05) is 0 Å². The minimum atomic E-state index is -2.82. The minimum absolute atomic E-state index is 0.114. The van der Waals surface area contributed by atoms with Gasteiger partial charge in [0, 0.05) is 12.5 Å². The zero-order valence-corrected chi connectivity index (χ0v) is 8.70. The highest BCUT2D eigenvalue weighted by Gasteiger charge is 2.08. The van der Waals surface area contributed by atoms with E-state index < -0.39 is 6.61 Å². The van der Waals surface area contributed by atoms with Crippen molar-refractivity contribution in [3.05, 3.63) is 29.8 Å². The van der Waals surface area contributed by atoms with E-state index in [-0.39, 0.29) is 11.8 Å². The Balaban J connectivity index is 2.70. The fourth-order valence-corrected chi connectivity index (χ4v) is 1.33. The van der Waals surface area contributed by atoms with Gasteiger partial charge in [-0.15, -0.1) is 12.3 Å². The molecule has 86 valence electrons. The molecule has 0 amide bonds. The molecule has 1 aromatic carbocycles. The molecule has 0 fully saturated rings. The third kappa shape index (κ3) is 3.87. The number of ether oxygens (including phenoxy) is 1. The van der Waals surface area contributed by atoms with Crippen LogP contribution in [0.5, 0.6) is 5.75 Å². The zero-order chi connectivity index (χ0) is 12.0. The number of alkyl halides is 2. The summed E-state index contributed by atoms with van der Waals surface area (Å²) < 4.78 is 28.2. The molecule has 0 saturated heterocycles. The number of hydrogen-bond acceptors (Lipinski definition) is 2.